The van der Waals surface area contributed by atoms with E-state index < -0.39 is 5.91 Å². The molecule has 2 aromatic rings. The summed E-state index contributed by atoms with van der Waals surface area (Å²) in [4.78, 5) is 25.5. The largest absolute Gasteiger partial charge is 0.364 e. The van der Waals surface area contributed by atoms with Crippen LogP contribution in [-0.2, 0) is 0 Å². The van der Waals surface area contributed by atoms with Gasteiger partial charge in [-0.25, -0.2) is 4.68 Å². The summed E-state index contributed by atoms with van der Waals surface area (Å²) in [5.41, 5.74) is 7.40. The fraction of sp³-hybridized carbons (Fsp3) is 0.474. The second-order valence-electron chi connectivity index (χ2n) is 7.27. The number of nitrogens with zero attached hydrogens (tertiary/aromatic N) is 4. The molecule has 7 nitrogen and oxygen atoms in total. The van der Waals surface area contributed by atoms with E-state index in [1.54, 1.807) is 9.58 Å². The number of hydrogen-bond donors (Lipinski definition) is 1. The van der Waals surface area contributed by atoms with Crippen molar-refractivity contribution in [1.29, 1.82) is 0 Å². The molecule has 1 saturated carbocycles. The number of aromatic nitrogens is 3. The highest BCUT2D eigenvalue weighted by molar-refractivity contribution is 5.94. The van der Waals surface area contributed by atoms with Crippen molar-refractivity contribution >= 4 is 11.8 Å². The zero-order chi connectivity index (χ0) is 18.1. The number of amides is 2. The Kier molecular flexibility index (Phi) is 4.44. The van der Waals surface area contributed by atoms with Gasteiger partial charge in [0.15, 0.2) is 5.69 Å². The third-order valence-electron chi connectivity index (χ3n) is 5.52. The normalized spacial score (nSPS) is 18.5. The quantitative estimate of drug-likeness (QED) is 0.911. The molecule has 0 bridgehead atoms. The number of carbonyl (C=O) groups is 2. The molecule has 2 fully saturated rings. The topological polar surface area (TPSA) is 94.1 Å². The van der Waals surface area contributed by atoms with Gasteiger partial charge in [-0.15, -0.1) is 5.10 Å². The van der Waals surface area contributed by atoms with Crippen LogP contribution in [-0.4, -0.2) is 44.8 Å². The van der Waals surface area contributed by atoms with Crippen LogP contribution >= 0.6 is 0 Å². The van der Waals surface area contributed by atoms with Crippen LogP contribution in [0.1, 0.15) is 70.5 Å². The minimum Gasteiger partial charge on any atom is -0.364 e. The second-order valence-corrected chi connectivity index (χ2v) is 7.27. The Morgan fingerprint density at radius 2 is 1.73 bits per heavy atom. The number of hydrogen-bond acceptors (Lipinski definition) is 4. The van der Waals surface area contributed by atoms with Gasteiger partial charge < -0.3 is 10.6 Å². The van der Waals surface area contributed by atoms with Crippen LogP contribution in [0.25, 0.3) is 0 Å². The van der Waals surface area contributed by atoms with Crippen LogP contribution in [0.5, 0.6) is 0 Å². The molecule has 0 atom stereocenters. The van der Waals surface area contributed by atoms with Gasteiger partial charge in [-0.05, 0) is 36.5 Å². The first-order valence-electron chi connectivity index (χ1n) is 9.22. The van der Waals surface area contributed by atoms with E-state index in [0.29, 0.717) is 19.0 Å². The average molecular weight is 353 g/mol. The molecule has 1 aliphatic heterocycles. The molecule has 26 heavy (non-hydrogen) atoms. The summed E-state index contributed by atoms with van der Waals surface area (Å²) < 4.78 is 1.61. The number of primary amides is 1. The van der Waals surface area contributed by atoms with Gasteiger partial charge >= 0.3 is 0 Å². The monoisotopic (exact) mass is 353 g/mol. The second kappa shape index (κ2) is 6.90. The van der Waals surface area contributed by atoms with Crippen molar-refractivity contribution in [2.24, 2.45) is 5.73 Å². The van der Waals surface area contributed by atoms with E-state index in [1.165, 1.54) is 43.9 Å². The molecule has 2 heterocycles. The van der Waals surface area contributed by atoms with Crippen LogP contribution < -0.4 is 5.73 Å². The lowest BCUT2D eigenvalue weighted by Crippen LogP contribution is -2.50. The highest BCUT2D eigenvalue weighted by Gasteiger charge is 2.33. The average Bonchev–Trinajstić information content (AvgIpc) is 3.11. The summed E-state index contributed by atoms with van der Waals surface area (Å²) in [6.07, 6.45) is 8.00. The lowest BCUT2D eigenvalue weighted by molar-refractivity contribution is 0.0498. The van der Waals surface area contributed by atoms with E-state index in [2.05, 4.69) is 22.4 Å². The van der Waals surface area contributed by atoms with Crippen molar-refractivity contribution in [2.45, 2.75) is 44.1 Å². The Hall–Kier alpha value is -2.70. The number of carbonyl (C=O) groups excluding carboxylic acids is 2. The summed E-state index contributed by atoms with van der Waals surface area (Å²) in [6, 6.07) is 8.15. The van der Waals surface area contributed by atoms with E-state index in [4.69, 9.17) is 5.73 Å². The van der Waals surface area contributed by atoms with Gasteiger partial charge in [0.2, 0.25) is 0 Å². The molecular formula is C19H23N5O2. The van der Waals surface area contributed by atoms with E-state index in [1.807, 2.05) is 12.1 Å². The summed E-state index contributed by atoms with van der Waals surface area (Å²) in [5, 5.41) is 7.65. The zero-order valence-corrected chi connectivity index (χ0v) is 14.7. The predicted octanol–water partition coefficient (Wildman–Crippen LogP) is 2.12. The standard InChI is InChI=1S/C19H23N5O2/c20-18(25)17-12-24(22-21-17)16-10-23(11-16)19(26)15-8-6-14(7-9-15)13-4-2-1-3-5-13/h6-9,12-13,16H,1-5,10-11H2,(H2,20,25). The van der Waals surface area contributed by atoms with Crippen LogP contribution in [0.4, 0.5) is 0 Å². The number of nitrogens with two attached hydrogens (primary N) is 1. The molecule has 2 amide bonds. The highest BCUT2D eigenvalue weighted by atomic mass is 16.2. The fourth-order valence-electron chi connectivity index (χ4n) is 3.87. The minimum absolute atomic E-state index is 0.0340. The van der Waals surface area contributed by atoms with Crippen molar-refractivity contribution in [3.8, 4) is 0 Å². The molecule has 0 unspecified atom stereocenters. The van der Waals surface area contributed by atoms with Gasteiger partial charge in [0, 0.05) is 18.7 Å². The smallest absolute Gasteiger partial charge is 0.270 e. The third kappa shape index (κ3) is 3.21. The van der Waals surface area contributed by atoms with Crippen LogP contribution in [0.2, 0.25) is 0 Å². The summed E-state index contributed by atoms with van der Waals surface area (Å²) >= 11 is 0. The Labute approximate surface area is 152 Å². The van der Waals surface area contributed by atoms with Gasteiger partial charge in [0.1, 0.15) is 0 Å². The van der Waals surface area contributed by atoms with Crippen LogP contribution in [0, 0.1) is 0 Å². The van der Waals surface area contributed by atoms with Crippen molar-refractivity contribution in [2.75, 3.05) is 13.1 Å². The lowest BCUT2D eigenvalue weighted by atomic mass is 9.84. The molecule has 7 heteroatoms. The highest BCUT2D eigenvalue weighted by Crippen LogP contribution is 2.33. The SMILES string of the molecule is NC(=O)c1cn(C2CN(C(=O)c3ccc(C4CCCCC4)cc3)C2)nn1. The van der Waals surface area contributed by atoms with E-state index in [9.17, 15) is 9.59 Å². The van der Waals surface area contributed by atoms with Gasteiger partial charge in [0.05, 0.1) is 12.2 Å². The summed E-state index contributed by atoms with van der Waals surface area (Å²) in [5.74, 6) is 0.0845. The maximum Gasteiger partial charge on any atom is 0.270 e. The number of likely N-dealkylation sites (tertiary alicyclic amines) is 1. The van der Waals surface area contributed by atoms with Gasteiger partial charge in [-0.3, -0.25) is 9.59 Å². The summed E-state index contributed by atoms with van der Waals surface area (Å²) in [6.45, 7) is 1.12. The van der Waals surface area contributed by atoms with E-state index in [0.717, 1.165) is 5.56 Å². The van der Waals surface area contributed by atoms with Crippen molar-refractivity contribution in [1.82, 2.24) is 19.9 Å². The predicted molar refractivity (Wildman–Crippen MR) is 95.7 cm³/mol. The molecule has 4 rings (SSSR count). The van der Waals surface area contributed by atoms with Gasteiger partial charge in [-0.2, -0.15) is 0 Å². The molecule has 1 aromatic heterocycles. The van der Waals surface area contributed by atoms with Gasteiger partial charge in [0.25, 0.3) is 11.8 Å². The first-order chi connectivity index (χ1) is 12.6. The van der Waals surface area contributed by atoms with Crippen molar-refractivity contribution in [3.05, 3.63) is 47.3 Å². The molecule has 1 aliphatic carbocycles. The lowest BCUT2D eigenvalue weighted by Gasteiger charge is -2.38. The zero-order valence-electron chi connectivity index (χ0n) is 14.7. The van der Waals surface area contributed by atoms with Crippen molar-refractivity contribution < 1.29 is 9.59 Å². The van der Waals surface area contributed by atoms with Crippen molar-refractivity contribution in [3.63, 3.8) is 0 Å². The first kappa shape index (κ1) is 16.8. The number of benzene rings is 1. The third-order valence-corrected chi connectivity index (χ3v) is 5.52. The fourth-order valence-corrected chi connectivity index (χ4v) is 3.87. The molecule has 2 N–H and O–H groups in total. The maximum atomic E-state index is 12.6. The minimum atomic E-state index is -0.596. The maximum absolute atomic E-state index is 12.6. The molecule has 0 radical (unpaired) electrons. The Morgan fingerprint density at radius 3 is 2.35 bits per heavy atom. The van der Waals surface area contributed by atoms with E-state index in [-0.39, 0.29) is 17.6 Å². The molecule has 1 saturated heterocycles. The van der Waals surface area contributed by atoms with Crippen LogP contribution in [0.15, 0.2) is 30.5 Å². The molecule has 0 spiro atoms. The first-order valence-corrected chi connectivity index (χ1v) is 9.22. The van der Waals surface area contributed by atoms with E-state index >= 15 is 0 Å². The Bertz CT molecular complexity index is 802. The molecule has 136 valence electrons. The van der Waals surface area contributed by atoms with Crippen LogP contribution in [0.3, 0.4) is 0 Å². The molecular weight excluding hydrogens is 330 g/mol. The Morgan fingerprint density at radius 1 is 1.04 bits per heavy atom. The Balaban J connectivity index is 1.35. The summed E-state index contributed by atoms with van der Waals surface area (Å²) in [7, 11) is 0. The number of rotatable bonds is 4. The van der Waals surface area contributed by atoms with Gasteiger partial charge in [-0.1, -0.05) is 36.6 Å². The molecule has 2 aliphatic rings. The molecule has 1 aromatic carbocycles.